The van der Waals surface area contributed by atoms with E-state index < -0.39 is 12.0 Å². The minimum absolute atomic E-state index is 0.167. The van der Waals surface area contributed by atoms with Crippen LogP contribution in [0.1, 0.15) is 49.4 Å². The summed E-state index contributed by atoms with van der Waals surface area (Å²) in [4.78, 5) is 32.9. The predicted molar refractivity (Wildman–Crippen MR) is 181 cm³/mol. The van der Waals surface area contributed by atoms with Crippen LogP contribution in [0.5, 0.6) is 17.2 Å². The van der Waals surface area contributed by atoms with E-state index in [0.29, 0.717) is 64.9 Å². The Balaban J connectivity index is 1.60. The first-order valence-electron chi connectivity index (χ1n) is 14.5. The van der Waals surface area contributed by atoms with Crippen molar-refractivity contribution in [2.45, 2.75) is 39.3 Å². The molecule has 0 saturated carbocycles. The van der Waals surface area contributed by atoms with Gasteiger partial charge in [0.25, 0.3) is 5.56 Å². The van der Waals surface area contributed by atoms with Crippen LogP contribution in [0.2, 0.25) is 15.1 Å². The number of fused-ring (bicyclic) bond motifs is 1. The first-order valence-corrected chi connectivity index (χ1v) is 16.4. The van der Waals surface area contributed by atoms with Crippen molar-refractivity contribution in [1.29, 1.82) is 0 Å². The Labute approximate surface area is 285 Å². The molecule has 0 radical (unpaired) electrons. The Morgan fingerprint density at radius 2 is 1.72 bits per heavy atom. The number of esters is 1. The first kappa shape index (κ1) is 33.6. The van der Waals surface area contributed by atoms with Gasteiger partial charge in [0.1, 0.15) is 18.4 Å². The van der Waals surface area contributed by atoms with Gasteiger partial charge in [-0.25, -0.2) is 9.79 Å². The summed E-state index contributed by atoms with van der Waals surface area (Å²) in [6, 6.07) is 14.9. The van der Waals surface area contributed by atoms with Gasteiger partial charge in [0.2, 0.25) is 0 Å². The molecule has 0 aliphatic carbocycles. The third-order valence-electron chi connectivity index (χ3n) is 7.24. The van der Waals surface area contributed by atoms with Crippen molar-refractivity contribution in [1.82, 2.24) is 4.57 Å². The number of ether oxygens (including phenoxy) is 4. The molecule has 0 saturated heterocycles. The van der Waals surface area contributed by atoms with Gasteiger partial charge in [-0.2, -0.15) is 0 Å². The molecule has 5 rings (SSSR count). The molecule has 2 heterocycles. The summed E-state index contributed by atoms with van der Waals surface area (Å²) in [5, 5.41) is 1.34. The van der Waals surface area contributed by atoms with Crippen molar-refractivity contribution < 1.29 is 23.7 Å². The molecule has 3 aromatic carbocycles. The van der Waals surface area contributed by atoms with Crippen molar-refractivity contribution in [2.75, 3.05) is 20.8 Å². The summed E-state index contributed by atoms with van der Waals surface area (Å²) in [6.07, 6.45) is 3.00. The van der Waals surface area contributed by atoms with Gasteiger partial charge in [-0.3, -0.25) is 9.36 Å². The largest absolute Gasteiger partial charge is 0.496 e. The summed E-state index contributed by atoms with van der Waals surface area (Å²) in [5.41, 5.74) is 2.63. The summed E-state index contributed by atoms with van der Waals surface area (Å²) >= 11 is 19.8. The lowest BCUT2D eigenvalue weighted by atomic mass is 9.93. The van der Waals surface area contributed by atoms with Crippen LogP contribution in [0.15, 0.2) is 75.7 Å². The van der Waals surface area contributed by atoms with Crippen molar-refractivity contribution >= 4 is 58.2 Å². The number of allylic oxidation sites excluding steroid dienone is 1. The van der Waals surface area contributed by atoms with Crippen molar-refractivity contribution in [2.24, 2.45) is 4.99 Å². The SMILES string of the molecule is CCCC1=C(C(=O)OCC)[C@@H](c2cc(Cl)ccc2OC)n2c(s/c(=C/c3ccc(OCc4ccc(Cl)c(Cl)c4)c(OC)c3)c2=O)=N1. The van der Waals surface area contributed by atoms with Crippen LogP contribution in [-0.4, -0.2) is 31.4 Å². The molecule has 12 heteroatoms. The average Bonchev–Trinajstić information content (AvgIpc) is 3.35. The van der Waals surface area contributed by atoms with Crippen LogP contribution in [0.25, 0.3) is 6.08 Å². The van der Waals surface area contributed by atoms with Crippen molar-refractivity contribution in [3.05, 3.63) is 117 Å². The van der Waals surface area contributed by atoms with Crippen LogP contribution < -0.4 is 29.1 Å². The van der Waals surface area contributed by atoms with Gasteiger partial charge >= 0.3 is 5.97 Å². The second-order valence-electron chi connectivity index (χ2n) is 10.2. The molecule has 46 heavy (non-hydrogen) atoms. The van der Waals surface area contributed by atoms with Gasteiger partial charge in [-0.05, 0) is 73.0 Å². The summed E-state index contributed by atoms with van der Waals surface area (Å²) < 4.78 is 24.7. The minimum Gasteiger partial charge on any atom is -0.496 e. The molecular weight excluding hydrogens is 671 g/mol. The van der Waals surface area contributed by atoms with E-state index in [-0.39, 0.29) is 24.3 Å². The molecule has 1 aliphatic rings. The highest BCUT2D eigenvalue weighted by Gasteiger charge is 2.36. The summed E-state index contributed by atoms with van der Waals surface area (Å²) in [7, 11) is 3.08. The van der Waals surface area contributed by atoms with E-state index in [1.165, 1.54) is 23.0 Å². The molecule has 0 N–H and O–H groups in total. The maximum atomic E-state index is 14.2. The van der Waals surface area contributed by atoms with Gasteiger partial charge in [-0.15, -0.1) is 0 Å². The molecule has 0 amide bonds. The quantitative estimate of drug-likeness (QED) is 0.155. The third-order valence-corrected chi connectivity index (χ3v) is 9.20. The fourth-order valence-electron chi connectivity index (χ4n) is 5.17. The zero-order valence-corrected chi connectivity index (χ0v) is 28.6. The van der Waals surface area contributed by atoms with E-state index in [1.807, 2.05) is 19.1 Å². The molecule has 8 nitrogen and oxygen atoms in total. The number of carbonyl (C=O) groups excluding carboxylic acids is 1. The van der Waals surface area contributed by atoms with Crippen LogP contribution in [0.4, 0.5) is 0 Å². The Hall–Kier alpha value is -3.76. The Morgan fingerprint density at radius 3 is 2.41 bits per heavy atom. The monoisotopic (exact) mass is 700 g/mol. The highest BCUT2D eigenvalue weighted by atomic mass is 35.5. The Kier molecular flexibility index (Phi) is 10.8. The lowest BCUT2D eigenvalue weighted by molar-refractivity contribution is -0.139. The van der Waals surface area contributed by atoms with Gasteiger partial charge in [0.05, 0.1) is 46.7 Å². The van der Waals surface area contributed by atoms with Crippen LogP contribution in [0, 0.1) is 0 Å². The Bertz CT molecular complexity index is 2000. The smallest absolute Gasteiger partial charge is 0.338 e. The molecule has 0 unspecified atom stereocenters. The van der Waals surface area contributed by atoms with Crippen LogP contribution in [-0.2, 0) is 16.1 Å². The van der Waals surface area contributed by atoms with Gasteiger partial charge in [-0.1, -0.05) is 71.6 Å². The molecule has 240 valence electrons. The highest BCUT2D eigenvalue weighted by Crippen LogP contribution is 2.38. The lowest BCUT2D eigenvalue weighted by Gasteiger charge is -2.27. The van der Waals surface area contributed by atoms with E-state index in [4.69, 9.17) is 58.7 Å². The van der Waals surface area contributed by atoms with Gasteiger partial charge in [0.15, 0.2) is 16.3 Å². The van der Waals surface area contributed by atoms with E-state index >= 15 is 0 Å². The third kappa shape index (κ3) is 6.98. The molecular formula is C34H31Cl3N2O6S. The average molecular weight is 702 g/mol. The standard InChI is InChI=1S/C34H31Cl3N2O6S/c1-5-7-25-30(33(41)44-6-2)31(22-17-21(35)10-13-26(22)42-3)39-32(40)29(46-34(39)38-25)16-19-9-12-27(28(15-19)43-4)45-18-20-8-11-23(36)24(37)14-20/h8-17,31H,5-7,18H2,1-4H3/b29-16+/t31-/m1/s1. The van der Waals surface area contributed by atoms with E-state index in [2.05, 4.69) is 0 Å². The fourth-order valence-corrected chi connectivity index (χ4v) is 6.69. The Morgan fingerprint density at radius 1 is 0.957 bits per heavy atom. The summed E-state index contributed by atoms with van der Waals surface area (Å²) in [6.45, 7) is 4.16. The number of thiazole rings is 1. The normalized spacial score (nSPS) is 14.5. The number of methoxy groups -OCH3 is 2. The first-order chi connectivity index (χ1) is 22.2. The predicted octanol–water partition coefficient (Wildman–Crippen LogP) is 7.13. The molecule has 0 spiro atoms. The second kappa shape index (κ2) is 14.8. The maximum absolute atomic E-state index is 14.2. The maximum Gasteiger partial charge on any atom is 0.338 e. The van der Waals surface area contributed by atoms with Crippen LogP contribution >= 0.6 is 46.1 Å². The zero-order chi connectivity index (χ0) is 33.0. The minimum atomic E-state index is -0.862. The summed E-state index contributed by atoms with van der Waals surface area (Å²) in [5.74, 6) is 0.934. The van der Waals surface area contributed by atoms with Crippen molar-refractivity contribution in [3.8, 4) is 17.2 Å². The zero-order valence-electron chi connectivity index (χ0n) is 25.6. The van der Waals surface area contributed by atoms with E-state index in [9.17, 15) is 9.59 Å². The van der Waals surface area contributed by atoms with E-state index in [0.717, 1.165) is 12.0 Å². The molecule has 1 atom stereocenters. The lowest BCUT2D eigenvalue weighted by Crippen LogP contribution is -2.40. The second-order valence-corrected chi connectivity index (χ2v) is 12.5. The number of carbonyl (C=O) groups is 1. The number of benzene rings is 3. The fraction of sp³-hybridized carbons (Fsp3) is 0.265. The van der Waals surface area contributed by atoms with Gasteiger partial charge < -0.3 is 18.9 Å². The number of hydrogen-bond donors (Lipinski definition) is 0. The number of aromatic nitrogens is 1. The molecule has 0 fully saturated rings. The molecule has 0 bridgehead atoms. The number of rotatable bonds is 11. The topological polar surface area (TPSA) is 88.4 Å². The van der Waals surface area contributed by atoms with E-state index in [1.54, 1.807) is 62.6 Å². The number of hydrogen-bond acceptors (Lipinski definition) is 8. The molecule has 1 aromatic heterocycles. The van der Waals surface area contributed by atoms with Crippen LogP contribution in [0.3, 0.4) is 0 Å². The molecule has 4 aromatic rings. The highest BCUT2D eigenvalue weighted by molar-refractivity contribution is 7.07. The van der Waals surface area contributed by atoms with Gasteiger partial charge in [0, 0.05) is 10.6 Å². The number of nitrogens with zero attached hydrogens (tertiary/aromatic N) is 2. The molecule has 1 aliphatic heterocycles. The number of halogens is 3. The van der Waals surface area contributed by atoms with Crippen molar-refractivity contribution in [3.63, 3.8) is 0 Å².